The van der Waals surface area contributed by atoms with E-state index in [4.69, 9.17) is 11.6 Å². The highest BCUT2D eigenvalue weighted by atomic mass is 35.5. The van der Waals surface area contributed by atoms with E-state index in [0.717, 1.165) is 6.42 Å². The van der Waals surface area contributed by atoms with E-state index < -0.39 is 0 Å². The Morgan fingerprint density at radius 1 is 1.75 bits per heavy atom. The summed E-state index contributed by atoms with van der Waals surface area (Å²) in [6.07, 6.45) is 5.41. The molecular formula is C8H11ClN2O. The molecule has 1 aromatic heterocycles. The smallest absolute Gasteiger partial charge is 0.269 e. The quantitative estimate of drug-likeness (QED) is 0.670. The van der Waals surface area contributed by atoms with E-state index >= 15 is 0 Å². The van der Waals surface area contributed by atoms with E-state index in [0.29, 0.717) is 5.88 Å². The van der Waals surface area contributed by atoms with Gasteiger partial charge in [-0.1, -0.05) is 6.92 Å². The third-order valence-electron chi connectivity index (χ3n) is 1.80. The Bertz CT molecular complexity index is 293. The van der Waals surface area contributed by atoms with Crippen LogP contribution in [0.3, 0.4) is 0 Å². The minimum absolute atomic E-state index is 0.0853. The fourth-order valence-corrected chi connectivity index (χ4v) is 1.41. The predicted molar refractivity (Wildman–Crippen MR) is 48.5 cm³/mol. The van der Waals surface area contributed by atoms with Crippen molar-refractivity contribution in [2.75, 3.05) is 5.88 Å². The van der Waals surface area contributed by atoms with Gasteiger partial charge in [0.05, 0.1) is 12.2 Å². The third-order valence-corrected chi connectivity index (χ3v) is 2.15. The normalized spacial score (nSPS) is 12.8. The van der Waals surface area contributed by atoms with E-state index in [1.165, 1.54) is 6.20 Å². The summed E-state index contributed by atoms with van der Waals surface area (Å²) in [4.78, 5) is 14.9. The van der Waals surface area contributed by atoms with Gasteiger partial charge in [0.15, 0.2) is 0 Å². The standard InChI is InChI=1S/C8H11ClN2O/c1-2-7(5-9)11-4-3-10-6-8(11)12/h3-4,6-7H,2,5H2,1H3. The minimum Gasteiger partial charge on any atom is -0.308 e. The van der Waals surface area contributed by atoms with Gasteiger partial charge in [-0.2, -0.15) is 0 Å². The van der Waals surface area contributed by atoms with Gasteiger partial charge in [-0.05, 0) is 6.42 Å². The van der Waals surface area contributed by atoms with Crippen LogP contribution in [0.2, 0.25) is 0 Å². The number of nitrogens with zero attached hydrogens (tertiary/aromatic N) is 2. The highest BCUT2D eigenvalue weighted by molar-refractivity contribution is 6.18. The Labute approximate surface area is 76.0 Å². The molecule has 1 atom stereocenters. The lowest BCUT2D eigenvalue weighted by atomic mass is 10.2. The van der Waals surface area contributed by atoms with Crippen LogP contribution in [0.4, 0.5) is 0 Å². The summed E-state index contributed by atoms with van der Waals surface area (Å²) in [7, 11) is 0. The molecule has 0 aliphatic rings. The van der Waals surface area contributed by atoms with Crippen molar-refractivity contribution in [1.82, 2.24) is 9.55 Å². The van der Waals surface area contributed by atoms with Crippen LogP contribution in [0.5, 0.6) is 0 Å². The summed E-state index contributed by atoms with van der Waals surface area (Å²) in [5.74, 6) is 0.459. The molecular weight excluding hydrogens is 176 g/mol. The second-order valence-electron chi connectivity index (χ2n) is 2.54. The number of hydrogen-bond acceptors (Lipinski definition) is 2. The van der Waals surface area contributed by atoms with Crippen molar-refractivity contribution in [2.24, 2.45) is 0 Å². The molecule has 4 heteroatoms. The molecule has 0 aliphatic heterocycles. The number of rotatable bonds is 3. The number of alkyl halides is 1. The molecule has 1 unspecified atom stereocenters. The molecule has 0 saturated heterocycles. The molecule has 0 saturated carbocycles. The summed E-state index contributed by atoms with van der Waals surface area (Å²) in [5, 5.41) is 0. The molecule has 1 heterocycles. The fourth-order valence-electron chi connectivity index (χ4n) is 1.04. The first-order valence-electron chi connectivity index (χ1n) is 3.87. The largest absolute Gasteiger partial charge is 0.308 e. The monoisotopic (exact) mass is 186 g/mol. The van der Waals surface area contributed by atoms with Crippen molar-refractivity contribution in [1.29, 1.82) is 0 Å². The van der Waals surface area contributed by atoms with Gasteiger partial charge < -0.3 is 4.57 Å². The summed E-state index contributed by atoms with van der Waals surface area (Å²) < 4.78 is 1.61. The summed E-state index contributed by atoms with van der Waals surface area (Å²) in [6, 6.07) is 0.0853. The average Bonchev–Trinajstić information content (AvgIpc) is 2.10. The average molecular weight is 187 g/mol. The van der Waals surface area contributed by atoms with Crippen molar-refractivity contribution in [3.05, 3.63) is 28.9 Å². The van der Waals surface area contributed by atoms with Gasteiger partial charge >= 0.3 is 0 Å². The summed E-state index contributed by atoms with van der Waals surface area (Å²) >= 11 is 5.69. The van der Waals surface area contributed by atoms with Crippen LogP contribution in [-0.4, -0.2) is 15.4 Å². The van der Waals surface area contributed by atoms with Gasteiger partial charge in [0.2, 0.25) is 0 Å². The fraction of sp³-hybridized carbons (Fsp3) is 0.500. The number of aromatic nitrogens is 2. The van der Waals surface area contributed by atoms with Crippen LogP contribution >= 0.6 is 11.6 Å². The molecule has 12 heavy (non-hydrogen) atoms. The SMILES string of the molecule is CCC(CCl)n1ccncc1=O. The maximum atomic E-state index is 11.2. The molecule has 0 radical (unpaired) electrons. The van der Waals surface area contributed by atoms with Crippen LogP contribution in [0.25, 0.3) is 0 Å². The van der Waals surface area contributed by atoms with Crippen molar-refractivity contribution in [2.45, 2.75) is 19.4 Å². The topological polar surface area (TPSA) is 34.9 Å². The molecule has 0 bridgehead atoms. The van der Waals surface area contributed by atoms with Gasteiger partial charge in [-0.15, -0.1) is 11.6 Å². The van der Waals surface area contributed by atoms with Crippen molar-refractivity contribution in [3.63, 3.8) is 0 Å². The van der Waals surface area contributed by atoms with Crippen molar-refractivity contribution < 1.29 is 0 Å². The molecule has 0 amide bonds. The molecule has 0 aromatic carbocycles. The number of hydrogen-bond donors (Lipinski definition) is 0. The van der Waals surface area contributed by atoms with E-state index in [9.17, 15) is 4.79 Å². The van der Waals surface area contributed by atoms with Crippen LogP contribution < -0.4 is 5.56 Å². The van der Waals surface area contributed by atoms with Crippen molar-refractivity contribution >= 4 is 11.6 Å². The Morgan fingerprint density at radius 3 is 3.00 bits per heavy atom. The van der Waals surface area contributed by atoms with E-state index in [1.54, 1.807) is 17.0 Å². The zero-order valence-electron chi connectivity index (χ0n) is 6.90. The molecule has 0 aliphatic carbocycles. The van der Waals surface area contributed by atoms with Gasteiger partial charge in [0.25, 0.3) is 5.56 Å². The Kier molecular flexibility index (Phi) is 3.29. The molecule has 1 aromatic rings. The van der Waals surface area contributed by atoms with Crippen LogP contribution in [0.1, 0.15) is 19.4 Å². The molecule has 0 N–H and O–H groups in total. The minimum atomic E-state index is -0.0926. The lowest BCUT2D eigenvalue weighted by molar-refractivity contribution is 0.516. The molecule has 66 valence electrons. The van der Waals surface area contributed by atoms with Gasteiger partial charge in [0.1, 0.15) is 0 Å². The van der Waals surface area contributed by atoms with Crippen LogP contribution in [-0.2, 0) is 0 Å². The van der Waals surface area contributed by atoms with E-state index in [-0.39, 0.29) is 11.6 Å². The Morgan fingerprint density at radius 2 is 2.50 bits per heavy atom. The third kappa shape index (κ3) is 1.85. The molecule has 0 spiro atoms. The highest BCUT2D eigenvalue weighted by Crippen LogP contribution is 2.08. The first-order chi connectivity index (χ1) is 5.79. The van der Waals surface area contributed by atoms with Gasteiger partial charge in [-0.3, -0.25) is 9.78 Å². The first kappa shape index (κ1) is 9.26. The molecule has 3 nitrogen and oxygen atoms in total. The zero-order chi connectivity index (χ0) is 8.97. The summed E-state index contributed by atoms with van der Waals surface area (Å²) in [6.45, 7) is 2.00. The number of halogens is 1. The first-order valence-corrected chi connectivity index (χ1v) is 4.41. The Hall–Kier alpha value is -0.830. The summed E-state index contributed by atoms with van der Waals surface area (Å²) in [5.41, 5.74) is -0.0926. The second-order valence-corrected chi connectivity index (χ2v) is 2.85. The lowest BCUT2D eigenvalue weighted by Crippen LogP contribution is -2.24. The molecule has 0 fully saturated rings. The van der Waals surface area contributed by atoms with Crippen LogP contribution in [0, 0.1) is 0 Å². The maximum Gasteiger partial charge on any atom is 0.269 e. The second kappa shape index (κ2) is 4.26. The van der Waals surface area contributed by atoms with Gasteiger partial charge in [-0.25, -0.2) is 0 Å². The molecule has 1 rings (SSSR count). The van der Waals surface area contributed by atoms with Crippen LogP contribution in [0.15, 0.2) is 23.4 Å². The lowest BCUT2D eigenvalue weighted by Gasteiger charge is -2.13. The van der Waals surface area contributed by atoms with Crippen molar-refractivity contribution in [3.8, 4) is 0 Å². The van der Waals surface area contributed by atoms with Gasteiger partial charge in [0, 0.05) is 18.3 Å². The van der Waals surface area contributed by atoms with E-state index in [1.807, 2.05) is 6.92 Å². The maximum absolute atomic E-state index is 11.2. The highest BCUT2D eigenvalue weighted by Gasteiger charge is 2.06. The van der Waals surface area contributed by atoms with E-state index in [2.05, 4.69) is 4.98 Å². The Balaban J connectivity index is 3.00. The predicted octanol–water partition coefficient (Wildman–Crippen LogP) is 1.43. The zero-order valence-corrected chi connectivity index (χ0v) is 7.66.